The zero-order valence-corrected chi connectivity index (χ0v) is 10.7. The Hall–Kier alpha value is -1.26. The lowest BCUT2D eigenvalue weighted by Crippen LogP contribution is -2.24. The number of hydrogen-bond donors (Lipinski definition) is 2. The Morgan fingerprint density at radius 1 is 1.41 bits per heavy atom. The van der Waals surface area contributed by atoms with Crippen LogP contribution in [0.3, 0.4) is 0 Å². The number of hydrogen-bond acceptors (Lipinski definition) is 4. The first kappa shape index (κ1) is 13.8. The molecule has 1 atom stereocenters. The van der Waals surface area contributed by atoms with Crippen molar-refractivity contribution < 1.29 is 14.6 Å². The highest BCUT2D eigenvalue weighted by Gasteiger charge is 2.09. The maximum Gasteiger partial charge on any atom is 0.165 e. The van der Waals surface area contributed by atoms with Crippen molar-refractivity contribution in [1.82, 2.24) is 5.32 Å². The van der Waals surface area contributed by atoms with Crippen LogP contribution in [0.4, 0.5) is 0 Å². The van der Waals surface area contributed by atoms with Gasteiger partial charge in [0.05, 0.1) is 19.8 Å². The molecular formula is C13H21NO3. The van der Waals surface area contributed by atoms with Crippen LogP contribution in [0, 0.1) is 0 Å². The number of nitrogens with one attached hydrogen (secondary N) is 1. The van der Waals surface area contributed by atoms with E-state index in [4.69, 9.17) is 9.47 Å². The fourth-order valence-electron chi connectivity index (χ4n) is 1.59. The van der Waals surface area contributed by atoms with Crippen LogP contribution < -0.4 is 14.8 Å². The third kappa shape index (κ3) is 4.24. The van der Waals surface area contributed by atoms with E-state index in [2.05, 4.69) is 5.32 Å². The van der Waals surface area contributed by atoms with E-state index in [1.807, 2.05) is 25.1 Å². The Balaban J connectivity index is 2.75. The molecule has 96 valence electrons. The first-order chi connectivity index (χ1) is 8.19. The minimum absolute atomic E-state index is 0.351. The molecular weight excluding hydrogens is 218 g/mol. The number of ether oxygens (including phenoxy) is 2. The molecule has 2 N–H and O–H groups in total. The van der Waals surface area contributed by atoms with Crippen LogP contribution in [0.1, 0.15) is 19.4 Å². The number of benzene rings is 1. The largest absolute Gasteiger partial charge is 0.493 e. The second kappa shape index (κ2) is 7.14. The second-order valence-electron chi connectivity index (χ2n) is 3.86. The molecule has 0 bridgehead atoms. The van der Waals surface area contributed by atoms with Crippen molar-refractivity contribution in [3.05, 3.63) is 23.8 Å². The van der Waals surface area contributed by atoms with E-state index < -0.39 is 0 Å². The van der Waals surface area contributed by atoms with Crippen LogP contribution >= 0.6 is 0 Å². The first-order valence-electron chi connectivity index (χ1n) is 5.86. The van der Waals surface area contributed by atoms with Gasteiger partial charge in [0.15, 0.2) is 11.5 Å². The molecule has 0 unspecified atom stereocenters. The van der Waals surface area contributed by atoms with E-state index in [1.165, 1.54) is 0 Å². The average Bonchev–Trinajstić information content (AvgIpc) is 2.30. The zero-order valence-electron chi connectivity index (χ0n) is 10.7. The number of aliphatic hydroxyl groups excluding tert-OH is 1. The summed E-state index contributed by atoms with van der Waals surface area (Å²) >= 11 is 0. The van der Waals surface area contributed by atoms with Gasteiger partial charge in [-0.2, -0.15) is 0 Å². The summed E-state index contributed by atoms with van der Waals surface area (Å²) in [6, 6.07) is 5.80. The molecule has 0 aliphatic rings. The fraction of sp³-hybridized carbons (Fsp3) is 0.538. The number of para-hydroxylation sites is 1. The highest BCUT2D eigenvalue weighted by molar-refractivity contribution is 5.46. The molecule has 1 aromatic rings. The average molecular weight is 239 g/mol. The van der Waals surface area contributed by atoms with E-state index in [0.717, 1.165) is 17.1 Å². The van der Waals surface area contributed by atoms with E-state index in [0.29, 0.717) is 19.7 Å². The molecule has 1 aromatic carbocycles. The summed E-state index contributed by atoms with van der Waals surface area (Å²) in [6.07, 6.45) is -0.351. The predicted molar refractivity (Wildman–Crippen MR) is 67.6 cm³/mol. The Morgan fingerprint density at radius 2 is 2.18 bits per heavy atom. The topological polar surface area (TPSA) is 50.7 Å². The molecule has 0 saturated heterocycles. The van der Waals surface area contributed by atoms with Crippen molar-refractivity contribution in [2.45, 2.75) is 26.5 Å². The summed E-state index contributed by atoms with van der Waals surface area (Å²) < 4.78 is 10.9. The Labute approximate surface area is 103 Å². The molecule has 17 heavy (non-hydrogen) atoms. The molecule has 0 amide bonds. The molecule has 0 aliphatic carbocycles. The standard InChI is InChI=1S/C13H21NO3/c1-4-17-13-11(9-14-8-10(2)15)6-5-7-12(13)16-3/h5-7,10,14-15H,4,8-9H2,1-3H3/t10-/m0/s1. The minimum atomic E-state index is -0.351. The van der Waals surface area contributed by atoms with Crippen molar-refractivity contribution in [2.24, 2.45) is 0 Å². The molecule has 0 saturated carbocycles. The number of methoxy groups -OCH3 is 1. The van der Waals surface area contributed by atoms with Gasteiger partial charge in [-0.15, -0.1) is 0 Å². The van der Waals surface area contributed by atoms with Crippen LogP contribution in [0.5, 0.6) is 11.5 Å². The maximum atomic E-state index is 9.19. The lowest BCUT2D eigenvalue weighted by molar-refractivity contribution is 0.190. The minimum Gasteiger partial charge on any atom is -0.493 e. The van der Waals surface area contributed by atoms with Crippen LogP contribution in [0.25, 0.3) is 0 Å². The lowest BCUT2D eigenvalue weighted by Gasteiger charge is -2.15. The maximum absolute atomic E-state index is 9.19. The van der Waals surface area contributed by atoms with Gasteiger partial charge in [-0.1, -0.05) is 12.1 Å². The molecule has 0 heterocycles. The van der Waals surface area contributed by atoms with Gasteiger partial charge in [0.2, 0.25) is 0 Å². The van der Waals surface area contributed by atoms with Crippen molar-refractivity contribution >= 4 is 0 Å². The van der Waals surface area contributed by atoms with E-state index in [1.54, 1.807) is 14.0 Å². The fourth-order valence-corrected chi connectivity index (χ4v) is 1.59. The van der Waals surface area contributed by atoms with Crippen LogP contribution in [0.15, 0.2) is 18.2 Å². The van der Waals surface area contributed by atoms with Gasteiger partial charge in [0.25, 0.3) is 0 Å². The summed E-state index contributed by atoms with van der Waals surface area (Å²) in [6.45, 7) is 5.51. The first-order valence-corrected chi connectivity index (χ1v) is 5.86. The highest BCUT2D eigenvalue weighted by Crippen LogP contribution is 2.30. The van der Waals surface area contributed by atoms with Gasteiger partial charge in [-0.3, -0.25) is 0 Å². The van der Waals surface area contributed by atoms with Crippen LogP contribution in [-0.2, 0) is 6.54 Å². The summed E-state index contributed by atoms with van der Waals surface area (Å²) in [5.74, 6) is 1.51. The third-order valence-corrected chi connectivity index (χ3v) is 2.32. The van der Waals surface area contributed by atoms with Crippen molar-refractivity contribution in [1.29, 1.82) is 0 Å². The van der Waals surface area contributed by atoms with Gasteiger partial charge >= 0.3 is 0 Å². The summed E-state index contributed by atoms with van der Waals surface area (Å²) in [7, 11) is 1.63. The van der Waals surface area contributed by atoms with Gasteiger partial charge in [0.1, 0.15) is 0 Å². The lowest BCUT2D eigenvalue weighted by atomic mass is 10.2. The van der Waals surface area contributed by atoms with E-state index in [-0.39, 0.29) is 6.10 Å². The van der Waals surface area contributed by atoms with E-state index >= 15 is 0 Å². The normalized spacial score (nSPS) is 12.2. The summed E-state index contributed by atoms with van der Waals surface area (Å²) in [5, 5.41) is 12.4. The van der Waals surface area contributed by atoms with Gasteiger partial charge in [0, 0.05) is 18.7 Å². The summed E-state index contributed by atoms with van der Waals surface area (Å²) in [5.41, 5.74) is 1.03. The van der Waals surface area contributed by atoms with Crippen molar-refractivity contribution in [3.8, 4) is 11.5 Å². The molecule has 0 fully saturated rings. The van der Waals surface area contributed by atoms with Crippen molar-refractivity contribution in [2.75, 3.05) is 20.3 Å². The molecule has 4 nitrogen and oxygen atoms in total. The molecule has 0 spiro atoms. The van der Waals surface area contributed by atoms with Gasteiger partial charge in [-0.25, -0.2) is 0 Å². The quantitative estimate of drug-likeness (QED) is 0.758. The SMILES string of the molecule is CCOc1c(CNC[C@H](C)O)cccc1OC. The van der Waals surface area contributed by atoms with E-state index in [9.17, 15) is 5.11 Å². The predicted octanol–water partition coefficient (Wildman–Crippen LogP) is 1.56. The smallest absolute Gasteiger partial charge is 0.165 e. The second-order valence-corrected chi connectivity index (χ2v) is 3.86. The molecule has 1 rings (SSSR count). The van der Waals surface area contributed by atoms with Crippen molar-refractivity contribution in [3.63, 3.8) is 0 Å². The Morgan fingerprint density at radius 3 is 2.76 bits per heavy atom. The molecule has 0 radical (unpaired) electrons. The Kier molecular flexibility index (Phi) is 5.80. The third-order valence-electron chi connectivity index (χ3n) is 2.32. The monoisotopic (exact) mass is 239 g/mol. The molecule has 0 aromatic heterocycles. The van der Waals surface area contributed by atoms with Gasteiger partial charge < -0.3 is 19.9 Å². The summed E-state index contributed by atoms with van der Waals surface area (Å²) in [4.78, 5) is 0. The van der Waals surface area contributed by atoms with Gasteiger partial charge in [-0.05, 0) is 19.9 Å². The van der Waals surface area contributed by atoms with Crippen LogP contribution in [0.2, 0.25) is 0 Å². The highest BCUT2D eigenvalue weighted by atomic mass is 16.5. The van der Waals surface area contributed by atoms with Crippen LogP contribution in [-0.4, -0.2) is 31.5 Å². The molecule has 4 heteroatoms. The molecule has 0 aliphatic heterocycles. The number of rotatable bonds is 7. The number of aliphatic hydroxyl groups is 1. The zero-order chi connectivity index (χ0) is 12.7. The Bertz CT molecular complexity index is 339.